The van der Waals surface area contributed by atoms with Gasteiger partial charge in [0, 0.05) is 12.4 Å². The quantitative estimate of drug-likeness (QED) is 0.840. The summed E-state index contributed by atoms with van der Waals surface area (Å²) in [6, 6.07) is 0.930. The number of carboxylic acids is 1. The molecule has 2 rings (SSSR count). The number of alkyl halides is 3. The smallest absolute Gasteiger partial charge is 0.416 e. The van der Waals surface area contributed by atoms with Crippen molar-refractivity contribution < 1.29 is 23.1 Å². The number of nitrogens with zero attached hydrogens (tertiary/aromatic N) is 1. The molecule has 0 radical (unpaired) electrons. The van der Waals surface area contributed by atoms with E-state index in [0.717, 1.165) is 31.5 Å². The molecule has 6 heteroatoms. The fourth-order valence-corrected chi connectivity index (χ4v) is 2.94. The van der Waals surface area contributed by atoms with Crippen LogP contribution >= 0.6 is 0 Å². The van der Waals surface area contributed by atoms with Crippen molar-refractivity contribution >= 4 is 5.97 Å². The highest BCUT2D eigenvalue weighted by Gasteiger charge is 2.39. The van der Waals surface area contributed by atoms with Crippen LogP contribution in [0.4, 0.5) is 13.2 Å². The third-order valence-electron chi connectivity index (χ3n) is 3.89. The Balaban J connectivity index is 2.44. The van der Waals surface area contributed by atoms with Crippen molar-refractivity contribution in [1.29, 1.82) is 0 Å². The van der Waals surface area contributed by atoms with E-state index in [-0.39, 0.29) is 5.56 Å². The molecule has 0 saturated heterocycles. The van der Waals surface area contributed by atoms with Crippen LogP contribution in [0.1, 0.15) is 49.1 Å². The van der Waals surface area contributed by atoms with Gasteiger partial charge in [-0.15, -0.1) is 0 Å². The van der Waals surface area contributed by atoms with Crippen LogP contribution < -0.4 is 0 Å². The predicted molar refractivity (Wildman–Crippen MR) is 66.2 cm³/mol. The number of carbonyl (C=O) groups is 1. The van der Waals surface area contributed by atoms with E-state index in [1.165, 1.54) is 6.20 Å². The number of hydrogen-bond donors (Lipinski definition) is 1. The second kappa shape index (κ2) is 5.81. The first-order valence-electron chi connectivity index (χ1n) is 6.65. The standard InChI is InChI=1S/C14H16F3NO2/c15-14(16,17)12-6-7-18-8-11(12)9-4-2-1-3-5-10(9)13(19)20/h6-10H,1-5H2,(H,19,20). The van der Waals surface area contributed by atoms with Gasteiger partial charge in [0.15, 0.2) is 0 Å². The van der Waals surface area contributed by atoms with Crippen molar-refractivity contribution in [3.63, 3.8) is 0 Å². The average molecular weight is 287 g/mol. The number of rotatable bonds is 2. The van der Waals surface area contributed by atoms with Crippen molar-refractivity contribution in [3.05, 3.63) is 29.6 Å². The molecule has 0 aromatic carbocycles. The minimum Gasteiger partial charge on any atom is -0.481 e. The molecule has 2 unspecified atom stereocenters. The molecule has 3 nitrogen and oxygen atoms in total. The third kappa shape index (κ3) is 3.11. The summed E-state index contributed by atoms with van der Waals surface area (Å²) in [7, 11) is 0. The molecule has 0 aliphatic heterocycles. The molecule has 1 aliphatic carbocycles. The molecule has 0 spiro atoms. The molecule has 110 valence electrons. The van der Waals surface area contributed by atoms with Crippen LogP contribution in [0.15, 0.2) is 18.5 Å². The van der Waals surface area contributed by atoms with E-state index >= 15 is 0 Å². The molecule has 0 amide bonds. The van der Waals surface area contributed by atoms with E-state index in [2.05, 4.69) is 4.98 Å². The highest BCUT2D eigenvalue weighted by molar-refractivity contribution is 5.71. The Hall–Kier alpha value is -1.59. The Bertz CT molecular complexity index is 488. The average Bonchev–Trinajstić information content (AvgIpc) is 2.63. The largest absolute Gasteiger partial charge is 0.481 e. The molecular formula is C14H16F3NO2. The minimum atomic E-state index is -4.48. The number of aromatic nitrogens is 1. The first-order valence-corrected chi connectivity index (χ1v) is 6.65. The number of pyridine rings is 1. The summed E-state index contributed by atoms with van der Waals surface area (Å²) in [5.41, 5.74) is -0.736. The monoisotopic (exact) mass is 287 g/mol. The van der Waals surface area contributed by atoms with Crippen molar-refractivity contribution in [1.82, 2.24) is 4.98 Å². The van der Waals surface area contributed by atoms with Crippen LogP contribution in [-0.4, -0.2) is 16.1 Å². The Kier molecular flexibility index (Phi) is 4.30. The summed E-state index contributed by atoms with van der Waals surface area (Å²) < 4.78 is 39.2. The summed E-state index contributed by atoms with van der Waals surface area (Å²) >= 11 is 0. The first kappa shape index (κ1) is 14.8. The summed E-state index contributed by atoms with van der Waals surface area (Å²) in [6.45, 7) is 0. The zero-order chi connectivity index (χ0) is 14.8. The number of halogens is 3. The SMILES string of the molecule is O=C(O)C1CCCCCC1c1cnccc1C(F)(F)F. The van der Waals surface area contributed by atoms with Crippen molar-refractivity contribution in [2.75, 3.05) is 0 Å². The Morgan fingerprint density at radius 3 is 2.60 bits per heavy atom. The van der Waals surface area contributed by atoms with Crippen molar-refractivity contribution in [2.24, 2.45) is 5.92 Å². The van der Waals surface area contributed by atoms with Gasteiger partial charge >= 0.3 is 12.1 Å². The molecule has 1 fully saturated rings. The Morgan fingerprint density at radius 2 is 1.95 bits per heavy atom. The highest BCUT2D eigenvalue weighted by Crippen LogP contribution is 2.42. The predicted octanol–water partition coefficient (Wildman–Crippen LogP) is 3.85. The second-order valence-corrected chi connectivity index (χ2v) is 5.15. The third-order valence-corrected chi connectivity index (χ3v) is 3.89. The highest BCUT2D eigenvalue weighted by atomic mass is 19.4. The van der Waals surface area contributed by atoms with Gasteiger partial charge in [0.25, 0.3) is 0 Å². The number of hydrogen-bond acceptors (Lipinski definition) is 2. The maximum Gasteiger partial charge on any atom is 0.416 e. The van der Waals surface area contributed by atoms with Crippen molar-refractivity contribution in [2.45, 2.75) is 44.2 Å². The molecular weight excluding hydrogens is 271 g/mol. The van der Waals surface area contributed by atoms with Gasteiger partial charge in [0.05, 0.1) is 11.5 Å². The molecule has 1 heterocycles. The van der Waals surface area contributed by atoms with Gasteiger partial charge in [-0.1, -0.05) is 19.3 Å². The molecule has 0 bridgehead atoms. The second-order valence-electron chi connectivity index (χ2n) is 5.15. The fourth-order valence-electron chi connectivity index (χ4n) is 2.94. The maximum absolute atomic E-state index is 13.1. The normalized spacial score (nSPS) is 24.1. The van der Waals surface area contributed by atoms with Gasteiger partial charge in [-0.25, -0.2) is 0 Å². The lowest BCUT2D eigenvalue weighted by molar-refractivity contribution is -0.144. The van der Waals surface area contributed by atoms with Gasteiger partial charge in [-0.05, 0) is 30.4 Å². The summed E-state index contributed by atoms with van der Waals surface area (Å²) in [5.74, 6) is -2.39. The van der Waals surface area contributed by atoms with Gasteiger partial charge in [0.2, 0.25) is 0 Å². The molecule has 1 N–H and O–H groups in total. The van der Waals surface area contributed by atoms with E-state index in [4.69, 9.17) is 0 Å². The zero-order valence-corrected chi connectivity index (χ0v) is 10.9. The molecule has 2 atom stereocenters. The van der Waals surface area contributed by atoms with Crippen LogP contribution in [0.25, 0.3) is 0 Å². The van der Waals surface area contributed by atoms with Crippen LogP contribution in [-0.2, 0) is 11.0 Å². The maximum atomic E-state index is 13.1. The molecule has 1 saturated carbocycles. The van der Waals surface area contributed by atoms with E-state index in [9.17, 15) is 23.1 Å². The molecule has 1 aromatic heterocycles. The van der Waals surface area contributed by atoms with Crippen LogP contribution in [0.3, 0.4) is 0 Å². The Morgan fingerprint density at radius 1 is 1.25 bits per heavy atom. The van der Waals surface area contributed by atoms with Gasteiger partial charge in [-0.2, -0.15) is 13.2 Å². The zero-order valence-electron chi connectivity index (χ0n) is 10.9. The molecule has 20 heavy (non-hydrogen) atoms. The lowest BCUT2D eigenvalue weighted by atomic mass is 9.81. The summed E-state index contributed by atoms with van der Waals surface area (Å²) in [6.07, 6.45) is 1.04. The van der Waals surface area contributed by atoms with Crippen molar-refractivity contribution in [3.8, 4) is 0 Å². The van der Waals surface area contributed by atoms with Gasteiger partial charge in [0.1, 0.15) is 0 Å². The topological polar surface area (TPSA) is 50.2 Å². The fraction of sp³-hybridized carbons (Fsp3) is 0.571. The lowest BCUT2D eigenvalue weighted by Crippen LogP contribution is -2.24. The van der Waals surface area contributed by atoms with Crippen LogP contribution in [0.2, 0.25) is 0 Å². The summed E-state index contributed by atoms with van der Waals surface area (Å²) in [5, 5.41) is 9.29. The van der Waals surface area contributed by atoms with E-state index in [1.54, 1.807) is 0 Å². The Labute approximate surface area is 114 Å². The lowest BCUT2D eigenvalue weighted by Gasteiger charge is -2.24. The van der Waals surface area contributed by atoms with Gasteiger partial charge < -0.3 is 5.11 Å². The van der Waals surface area contributed by atoms with Crippen LogP contribution in [0.5, 0.6) is 0 Å². The molecule has 1 aliphatic rings. The van der Waals surface area contributed by atoms with Gasteiger partial charge in [-0.3, -0.25) is 9.78 Å². The van der Waals surface area contributed by atoms with E-state index in [1.807, 2.05) is 0 Å². The molecule has 1 aromatic rings. The summed E-state index contributed by atoms with van der Waals surface area (Å²) in [4.78, 5) is 15.1. The first-order chi connectivity index (χ1) is 9.41. The minimum absolute atomic E-state index is 0.0225. The van der Waals surface area contributed by atoms with Crippen LogP contribution in [0, 0.1) is 5.92 Å². The van der Waals surface area contributed by atoms with E-state index < -0.39 is 29.5 Å². The number of aliphatic carboxylic acids is 1. The van der Waals surface area contributed by atoms with E-state index in [0.29, 0.717) is 12.8 Å². The number of carboxylic acid groups (broad SMARTS) is 1.